The Morgan fingerprint density at radius 3 is 1.94 bits per heavy atom. The molecule has 0 spiro atoms. The molecule has 0 N–H and O–H groups in total. The molecule has 0 aromatic carbocycles. The molecule has 6 heteroatoms. The standard InChI is InChI=1S/C11H21Br2O2PS/c1-11(14)17-10-4-9-16(15,7-2-5-12)8-3-6-13/h2-10H2,1H3. The quantitative estimate of drug-likeness (QED) is 0.301. The van der Waals surface area contributed by atoms with Gasteiger partial charge in [0.25, 0.3) is 0 Å². The SMILES string of the molecule is CC(=O)SCCCP(=O)(CCCBr)CCCBr. The van der Waals surface area contributed by atoms with Gasteiger partial charge in [0.2, 0.25) is 0 Å². The summed E-state index contributed by atoms with van der Waals surface area (Å²) in [6.07, 6.45) is 5.35. The van der Waals surface area contributed by atoms with Gasteiger partial charge in [0.1, 0.15) is 0 Å². The normalized spacial score (nSPS) is 11.7. The minimum absolute atomic E-state index is 0.153. The van der Waals surface area contributed by atoms with Gasteiger partial charge in [-0.15, -0.1) is 0 Å². The first-order valence-electron chi connectivity index (χ1n) is 5.86. The summed E-state index contributed by atoms with van der Waals surface area (Å²) in [4.78, 5) is 10.8. The Morgan fingerprint density at radius 2 is 1.53 bits per heavy atom. The average Bonchev–Trinajstić information content (AvgIpc) is 2.30. The van der Waals surface area contributed by atoms with Crippen molar-refractivity contribution >= 4 is 55.9 Å². The second-order valence-corrected chi connectivity index (χ2v) is 10.3. The van der Waals surface area contributed by atoms with Crippen molar-refractivity contribution in [2.75, 3.05) is 34.9 Å². The maximum atomic E-state index is 12.6. The van der Waals surface area contributed by atoms with Crippen molar-refractivity contribution < 1.29 is 9.36 Å². The predicted octanol–water partition coefficient (Wildman–Crippen LogP) is 4.59. The van der Waals surface area contributed by atoms with E-state index < -0.39 is 7.14 Å². The van der Waals surface area contributed by atoms with Gasteiger partial charge in [-0.1, -0.05) is 43.6 Å². The molecule has 0 heterocycles. The van der Waals surface area contributed by atoms with E-state index in [1.165, 1.54) is 11.8 Å². The van der Waals surface area contributed by atoms with Crippen LogP contribution in [0.2, 0.25) is 0 Å². The first-order chi connectivity index (χ1) is 8.04. The third-order valence-electron chi connectivity index (χ3n) is 2.41. The summed E-state index contributed by atoms with van der Waals surface area (Å²) in [7, 11) is -2.00. The molecular formula is C11H21Br2O2PS. The van der Waals surface area contributed by atoms with Crippen molar-refractivity contribution in [1.82, 2.24) is 0 Å². The fraction of sp³-hybridized carbons (Fsp3) is 0.909. The smallest absolute Gasteiger partial charge is 0.185 e. The summed E-state index contributed by atoms with van der Waals surface area (Å²) >= 11 is 8.13. The summed E-state index contributed by atoms with van der Waals surface area (Å²) in [5.74, 6) is 0.807. The molecule has 0 unspecified atom stereocenters. The number of hydrogen-bond donors (Lipinski definition) is 0. The number of rotatable bonds is 10. The summed E-state index contributed by atoms with van der Waals surface area (Å²) < 4.78 is 12.6. The Balaban J connectivity index is 3.99. The number of carbonyl (C=O) groups excluding carboxylic acids is 1. The van der Waals surface area contributed by atoms with E-state index in [1.807, 2.05) is 0 Å². The molecule has 0 atom stereocenters. The largest absolute Gasteiger partial charge is 0.324 e. The van der Waals surface area contributed by atoms with Crippen LogP contribution in [0.25, 0.3) is 0 Å². The second-order valence-electron chi connectivity index (χ2n) is 4.01. The lowest BCUT2D eigenvalue weighted by Crippen LogP contribution is -2.03. The summed E-state index contributed by atoms with van der Waals surface area (Å²) in [5.41, 5.74) is 0. The molecule has 0 saturated heterocycles. The molecule has 0 saturated carbocycles. The van der Waals surface area contributed by atoms with Gasteiger partial charge in [0, 0.05) is 41.8 Å². The first-order valence-corrected chi connectivity index (χ1v) is 11.4. The Morgan fingerprint density at radius 1 is 1.06 bits per heavy atom. The molecule has 0 aliphatic carbocycles. The van der Waals surface area contributed by atoms with Crippen molar-refractivity contribution in [3.05, 3.63) is 0 Å². The van der Waals surface area contributed by atoms with E-state index in [1.54, 1.807) is 6.92 Å². The Hall–Kier alpha value is 1.21. The molecule has 0 bridgehead atoms. The topological polar surface area (TPSA) is 34.1 Å². The highest BCUT2D eigenvalue weighted by molar-refractivity contribution is 9.09. The van der Waals surface area contributed by atoms with E-state index in [9.17, 15) is 9.36 Å². The van der Waals surface area contributed by atoms with E-state index in [4.69, 9.17) is 0 Å². The van der Waals surface area contributed by atoms with Crippen LogP contribution in [0.5, 0.6) is 0 Å². The van der Waals surface area contributed by atoms with Crippen LogP contribution >= 0.6 is 50.8 Å². The van der Waals surface area contributed by atoms with Crippen LogP contribution in [0, 0.1) is 0 Å². The average molecular weight is 408 g/mol. The monoisotopic (exact) mass is 406 g/mol. The zero-order valence-corrected chi connectivity index (χ0v) is 15.2. The van der Waals surface area contributed by atoms with Crippen molar-refractivity contribution in [2.24, 2.45) is 0 Å². The highest BCUT2D eigenvalue weighted by atomic mass is 79.9. The van der Waals surface area contributed by atoms with Gasteiger partial charge >= 0.3 is 0 Å². The molecule has 0 radical (unpaired) electrons. The van der Waals surface area contributed by atoms with Crippen LogP contribution in [0.1, 0.15) is 26.2 Å². The molecular weight excluding hydrogens is 387 g/mol. The van der Waals surface area contributed by atoms with Crippen molar-refractivity contribution in [1.29, 1.82) is 0 Å². The van der Waals surface area contributed by atoms with Crippen molar-refractivity contribution in [3.63, 3.8) is 0 Å². The second kappa shape index (κ2) is 11.1. The van der Waals surface area contributed by atoms with Crippen LogP contribution in [0.15, 0.2) is 0 Å². The van der Waals surface area contributed by atoms with Gasteiger partial charge in [-0.2, -0.15) is 0 Å². The van der Waals surface area contributed by atoms with Crippen LogP contribution in [0.3, 0.4) is 0 Å². The van der Waals surface area contributed by atoms with E-state index >= 15 is 0 Å². The summed E-state index contributed by atoms with van der Waals surface area (Å²) in [5, 5.41) is 2.00. The Labute approximate surface area is 126 Å². The highest BCUT2D eigenvalue weighted by Gasteiger charge is 2.20. The number of carbonyl (C=O) groups is 1. The van der Waals surface area contributed by atoms with E-state index in [0.717, 1.165) is 54.2 Å². The van der Waals surface area contributed by atoms with Gasteiger partial charge in [0.05, 0.1) is 7.14 Å². The molecule has 0 aromatic heterocycles. The van der Waals surface area contributed by atoms with Crippen LogP contribution in [-0.4, -0.2) is 40.0 Å². The van der Waals surface area contributed by atoms with E-state index in [2.05, 4.69) is 31.9 Å². The van der Waals surface area contributed by atoms with Gasteiger partial charge in [-0.3, -0.25) is 4.79 Å². The summed E-state index contributed by atoms with van der Waals surface area (Å²) in [6, 6.07) is 0. The minimum atomic E-state index is -2.00. The van der Waals surface area contributed by atoms with Crippen LogP contribution in [0.4, 0.5) is 0 Å². The van der Waals surface area contributed by atoms with Gasteiger partial charge in [-0.05, 0) is 19.3 Å². The van der Waals surface area contributed by atoms with E-state index in [0.29, 0.717) is 0 Å². The lowest BCUT2D eigenvalue weighted by atomic mass is 10.6. The number of thioether (sulfide) groups is 1. The first kappa shape index (κ1) is 18.2. The Bertz CT molecular complexity index is 250. The molecule has 17 heavy (non-hydrogen) atoms. The fourth-order valence-corrected chi connectivity index (χ4v) is 6.69. The lowest BCUT2D eigenvalue weighted by molar-refractivity contribution is -0.109. The zero-order chi connectivity index (χ0) is 13.1. The molecule has 0 rings (SSSR count). The molecule has 0 aliphatic rings. The summed E-state index contributed by atoms with van der Waals surface area (Å²) in [6.45, 7) is 1.58. The fourth-order valence-electron chi connectivity index (χ4n) is 1.60. The molecule has 0 amide bonds. The minimum Gasteiger partial charge on any atom is -0.324 e. The Kier molecular flexibility index (Phi) is 11.9. The molecule has 0 aliphatic heterocycles. The third-order valence-corrected chi connectivity index (χ3v) is 7.83. The number of hydrogen-bond acceptors (Lipinski definition) is 3. The zero-order valence-electron chi connectivity index (χ0n) is 10.3. The van der Waals surface area contributed by atoms with Crippen LogP contribution < -0.4 is 0 Å². The van der Waals surface area contributed by atoms with Crippen LogP contribution in [-0.2, 0) is 9.36 Å². The predicted molar refractivity (Wildman–Crippen MR) is 86.8 cm³/mol. The third kappa shape index (κ3) is 10.8. The van der Waals surface area contributed by atoms with Crippen molar-refractivity contribution in [3.8, 4) is 0 Å². The van der Waals surface area contributed by atoms with Gasteiger partial charge < -0.3 is 4.57 Å². The van der Waals surface area contributed by atoms with Gasteiger partial charge in [0.15, 0.2) is 5.12 Å². The lowest BCUT2D eigenvalue weighted by Gasteiger charge is -2.17. The van der Waals surface area contributed by atoms with Gasteiger partial charge in [-0.25, -0.2) is 0 Å². The van der Waals surface area contributed by atoms with E-state index in [-0.39, 0.29) is 5.12 Å². The maximum absolute atomic E-state index is 12.6. The number of alkyl halides is 2. The maximum Gasteiger partial charge on any atom is 0.185 e. The highest BCUT2D eigenvalue weighted by Crippen LogP contribution is 2.47. The number of halogens is 2. The molecule has 2 nitrogen and oxygen atoms in total. The molecule has 0 fully saturated rings. The molecule has 102 valence electrons. The van der Waals surface area contributed by atoms with Crippen molar-refractivity contribution in [2.45, 2.75) is 26.2 Å². The molecule has 0 aromatic rings.